The number of likely N-dealkylation sites (tertiary alicyclic amines) is 2. The predicted molar refractivity (Wildman–Crippen MR) is 88.5 cm³/mol. The van der Waals surface area contributed by atoms with E-state index < -0.39 is 5.60 Å². The number of morpholine rings is 1. The number of carbonyl (C=O) groups is 2. The van der Waals surface area contributed by atoms with Crippen LogP contribution in [-0.4, -0.2) is 96.2 Å². The monoisotopic (exact) mass is 339 g/mol. The Morgan fingerprint density at radius 3 is 2.71 bits per heavy atom. The van der Waals surface area contributed by atoms with Crippen LogP contribution in [0, 0.1) is 0 Å². The molecule has 0 saturated carbocycles. The quantitative estimate of drug-likeness (QED) is 0.760. The molecule has 3 fully saturated rings. The Morgan fingerprint density at radius 2 is 1.92 bits per heavy atom. The first-order chi connectivity index (χ1) is 11.6. The molecule has 1 N–H and O–H groups in total. The highest BCUT2D eigenvalue weighted by molar-refractivity contribution is 5.85. The van der Waals surface area contributed by atoms with E-state index in [1.54, 1.807) is 9.80 Å². The van der Waals surface area contributed by atoms with Gasteiger partial charge in [0.25, 0.3) is 0 Å². The van der Waals surface area contributed by atoms with Crippen LogP contribution in [0.3, 0.4) is 0 Å². The first-order valence-electron chi connectivity index (χ1n) is 9.14. The lowest BCUT2D eigenvalue weighted by Gasteiger charge is -2.33. The molecule has 1 atom stereocenters. The summed E-state index contributed by atoms with van der Waals surface area (Å²) in [5, 5.41) is 10.8. The van der Waals surface area contributed by atoms with Crippen LogP contribution in [0.4, 0.5) is 0 Å². The van der Waals surface area contributed by atoms with Crippen molar-refractivity contribution >= 4 is 11.8 Å². The number of hydrogen-bond donors (Lipinski definition) is 1. The maximum absolute atomic E-state index is 12.5. The summed E-state index contributed by atoms with van der Waals surface area (Å²) in [6, 6.07) is 0. The lowest BCUT2D eigenvalue weighted by molar-refractivity contribution is -0.140. The second kappa shape index (κ2) is 7.80. The van der Waals surface area contributed by atoms with Crippen molar-refractivity contribution in [1.82, 2.24) is 14.7 Å². The highest BCUT2D eigenvalue weighted by atomic mass is 16.5. The van der Waals surface area contributed by atoms with E-state index in [1.165, 1.54) is 0 Å². The molecule has 3 aliphatic heterocycles. The Balaban J connectivity index is 1.50. The summed E-state index contributed by atoms with van der Waals surface area (Å²) in [5.74, 6) is 0.0479. The minimum atomic E-state index is -0.838. The van der Waals surface area contributed by atoms with Crippen LogP contribution >= 0.6 is 0 Å². The van der Waals surface area contributed by atoms with Gasteiger partial charge in [0.05, 0.1) is 31.9 Å². The summed E-state index contributed by atoms with van der Waals surface area (Å²) in [6.07, 6.45) is 4.10. The first kappa shape index (κ1) is 17.6. The van der Waals surface area contributed by atoms with Crippen LogP contribution < -0.4 is 0 Å². The molecule has 24 heavy (non-hydrogen) atoms. The molecule has 0 unspecified atom stereocenters. The highest BCUT2D eigenvalue weighted by Crippen LogP contribution is 2.23. The SMILES string of the molecule is O=C1CCCCCN1CC(=O)N1CC[C@](O)(CN2CCOCC2)C1. The number of amides is 2. The zero-order chi connectivity index (χ0) is 17.0. The molecule has 3 rings (SSSR count). The van der Waals surface area contributed by atoms with Crippen LogP contribution in [0.5, 0.6) is 0 Å². The molecule has 7 heteroatoms. The Morgan fingerprint density at radius 1 is 1.12 bits per heavy atom. The fourth-order valence-electron chi connectivity index (χ4n) is 3.84. The molecule has 2 amide bonds. The normalized spacial score (nSPS) is 29.8. The maximum atomic E-state index is 12.5. The molecule has 0 spiro atoms. The van der Waals surface area contributed by atoms with Gasteiger partial charge in [0, 0.05) is 39.1 Å². The van der Waals surface area contributed by atoms with Gasteiger partial charge in [-0.3, -0.25) is 14.5 Å². The Hall–Kier alpha value is -1.18. The third-order valence-corrected chi connectivity index (χ3v) is 5.30. The van der Waals surface area contributed by atoms with E-state index in [1.807, 2.05) is 0 Å². The Labute approximate surface area is 143 Å². The molecule has 0 bridgehead atoms. The fraction of sp³-hybridized carbons (Fsp3) is 0.882. The smallest absolute Gasteiger partial charge is 0.242 e. The molecule has 3 heterocycles. The lowest BCUT2D eigenvalue weighted by Crippen LogP contribution is -2.50. The molecule has 136 valence electrons. The van der Waals surface area contributed by atoms with E-state index in [-0.39, 0.29) is 18.4 Å². The maximum Gasteiger partial charge on any atom is 0.242 e. The number of rotatable bonds is 4. The molecule has 0 radical (unpaired) electrons. The van der Waals surface area contributed by atoms with Crippen LogP contribution in [0.1, 0.15) is 32.1 Å². The van der Waals surface area contributed by atoms with Gasteiger partial charge in [0.2, 0.25) is 11.8 Å². The van der Waals surface area contributed by atoms with Gasteiger partial charge in [-0.25, -0.2) is 0 Å². The molecule has 0 aliphatic carbocycles. The molecule has 3 aliphatic rings. The standard InChI is InChI=1S/C17H29N3O4/c21-15-4-2-1-3-6-19(15)12-16(22)20-7-5-17(23,14-20)13-18-8-10-24-11-9-18/h23H,1-14H2/t17-/m0/s1. The topological polar surface area (TPSA) is 73.3 Å². The van der Waals surface area contributed by atoms with Crippen LogP contribution in [-0.2, 0) is 14.3 Å². The van der Waals surface area contributed by atoms with Gasteiger partial charge in [-0.05, 0) is 19.3 Å². The fourth-order valence-corrected chi connectivity index (χ4v) is 3.84. The van der Waals surface area contributed by atoms with E-state index in [2.05, 4.69) is 4.90 Å². The van der Waals surface area contributed by atoms with E-state index in [0.717, 1.165) is 32.4 Å². The Bertz CT molecular complexity index is 467. The number of aliphatic hydroxyl groups is 1. The zero-order valence-corrected chi connectivity index (χ0v) is 14.4. The van der Waals surface area contributed by atoms with Crippen molar-refractivity contribution in [3.63, 3.8) is 0 Å². The van der Waals surface area contributed by atoms with Crippen LogP contribution in [0.15, 0.2) is 0 Å². The molecule has 0 aromatic heterocycles. The van der Waals surface area contributed by atoms with Crippen molar-refractivity contribution < 1.29 is 19.4 Å². The third kappa shape index (κ3) is 4.46. The summed E-state index contributed by atoms with van der Waals surface area (Å²) in [4.78, 5) is 30.2. The molecule has 0 aromatic rings. The van der Waals surface area contributed by atoms with Gasteiger partial charge >= 0.3 is 0 Å². The van der Waals surface area contributed by atoms with Gasteiger partial charge in [-0.1, -0.05) is 6.42 Å². The van der Waals surface area contributed by atoms with Crippen molar-refractivity contribution in [1.29, 1.82) is 0 Å². The van der Waals surface area contributed by atoms with Gasteiger partial charge in [0.1, 0.15) is 0 Å². The van der Waals surface area contributed by atoms with E-state index in [4.69, 9.17) is 4.74 Å². The second-order valence-electron chi connectivity index (χ2n) is 7.30. The van der Waals surface area contributed by atoms with Crippen molar-refractivity contribution in [2.45, 2.75) is 37.7 Å². The summed E-state index contributed by atoms with van der Waals surface area (Å²) in [5.41, 5.74) is -0.838. The van der Waals surface area contributed by atoms with Gasteiger partial charge < -0.3 is 19.6 Å². The van der Waals surface area contributed by atoms with Crippen molar-refractivity contribution in [2.24, 2.45) is 0 Å². The third-order valence-electron chi connectivity index (χ3n) is 5.30. The summed E-state index contributed by atoms with van der Waals surface area (Å²) < 4.78 is 5.34. The second-order valence-corrected chi connectivity index (χ2v) is 7.30. The molecular weight excluding hydrogens is 310 g/mol. The summed E-state index contributed by atoms with van der Waals surface area (Å²) >= 11 is 0. The van der Waals surface area contributed by atoms with Crippen LogP contribution in [0.25, 0.3) is 0 Å². The molecule has 7 nitrogen and oxygen atoms in total. The Kier molecular flexibility index (Phi) is 5.73. The average molecular weight is 339 g/mol. The van der Waals surface area contributed by atoms with Crippen molar-refractivity contribution in [3.8, 4) is 0 Å². The van der Waals surface area contributed by atoms with E-state index in [0.29, 0.717) is 52.2 Å². The van der Waals surface area contributed by atoms with Gasteiger partial charge in [-0.2, -0.15) is 0 Å². The first-order valence-corrected chi connectivity index (χ1v) is 9.14. The summed E-state index contributed by atoms with van der Waals surface area (Å²) in [6.45, 7) is 5.43. The number of hydrogen-bond acceptors (Lipinski definition) is 5. The van der Waals surface area contributed by atoms with Gasteiger partial charge in [-0.15, -0.1) is 0 Å². The largest absolute Gasteiger partial charge is 0.387 e. The van der Waals surface area contributed by atoms with Gasteiger partial charge in [0.15, 0.2) is 0 Å². The molecule has 0 aromatic carbocycles. The number of β-amino-alcohol motifs (C(OH)–C–C–N with tert-alkyl or cyclic N) is 1. The number of ether oxygens (including phenoxy) is 1. The lowest BCUT2D eigenvalue weighted by atomic mass is 10.0. The summed E-state index contributed by atoms with van der Waals surface area (Å²) in [7, 11) is 0. The minimum absolute atomic E-state index is 0.0387. The van der Waals surface area contributed by atoms with Crippen LogP contribution in [0.2, 0.25) is 0 Å². The highest BCUT2D eigenvalue weighted by Gasteiger charge is 2.40. The number of nitrogens with zero attached hydrogens (tertiary/aromatic N) is 3. The molecule has 3 saturated heterocycles. The minimum Gasteiger partial charge on any atom is -0.387 e. The van der Waals surface area contributed by atoms with Crippen molar-refractivity contribution in [3.05, 3.63) is 0 Å². The molecular formula is C17H29N3O4. The van der Waals surface area contributed by atoms with E-state index >= 15 is 0 Å². The zero-order valence-electron chi connectivity index (χ0n) is 14.4. The van der Waals surface area contributed by atoms with E-state index in [9.17, 15) is 14.7 Å². The predicted octanol–water partition coefficient (Wildman–Crippen LogP) is -0.315. The number of carbonyl (C=O) groups excluding carboxylic acids is 2. The van der Waals surface area contributed by atoms with Crippen molar-refractivity contribution in [2.75, 3.05) is 59.0 Å². The average Bonchev–Trinajstić information content (AvgIpc) is 2.84.